The zero-order chi connectivity index (χ0) is 19.7. The van der Waals surface area contributed by atoms with Gasteiger partial charge in [0.25, 0.3) is 0 Å². The zero-order valence-electron chi connectivity index (χ0n) is 15.8. The smallest absolute Gasteiger partial charge is 0.216 e. The van der Waals surface area contributed by atoms with Crippen molar-refractivity contribution >= 4 is 29.8 Å². The van der Waals surface area contributed by atoms with Crippen molar-refractivity contribution in [1.82, 2.24) is 24.7 Å². The molecule has 0 aliphatic carbocycles. The van der Waals surface area contributed by atoms with Crippen molar-refractivity contribution in [3.05, 3.63) is 70.2 Å². The van der Waals surface area contributed by atoms with Crippen LogP contribution < -0.4 is 0 Å². The second kappa shape index (κ2) is 7.29. The van der Waals surface area contributed by atoms with Crippen LogP contribution in [0.4, 0.5) is 0 Å². The Morgan fingerprint density at radius 2 is 1.93 bits per heavy atom. The number of H-pyrrole nitrogens is 1. The number of rotatable bonds is 4. The highest BCUT2D eigenvalue weighted by atomic mass is 32.1. The van der Waals surface area contributed by atoms with Crippen LogP contribution in [0.2, 0.25) is 0 Å². The molecule has 1 aromatic carbocycles. The molecule has 0 amide bonds. The van der Waals surface area contributed by atoms with Crippen LogP contribution >= 0.6 is 23.6 Å². The Bertz CT molecular complexity index is 1160. The van der Waals surface area contributed by atoms with Crippen LogP contribution in [-0.4, -0.2) is 30.9 Å². The Hall–Kier alpha value is -2.84. The van der Waals surface area contributed by atoms with Crippen molar-refractivity contribution in [3.8, 4) is 16.3 Å². The minimum atomic E-state index is -0.185. The summed E-state index contributed by atoms with van der Waals surface area (Å²) in [4.78, 5) is 1.09. The summed E-state index contributed by atoms with van der Waals surface area (Å²) in [5, 5.41) is 18.6. The normalized spacial score (nSPS) is 12.1. The summed E-state index contributed by atoms with van der Waals surface area (Å²) in [6, 6.07) is 14.1. The number of nitrogens with zero attached hydrogens (tertiary/aromatic N) is 5. The average molecular weight is 409 g/mol. The van der Waals surface area contributed by atoms with Gasteiger partial charge in [0.15, 0.2) is 5.82 Å². The van der Waals surface area contributed by atoms with Crippen molar-refractivity contribution in [2.75, 3.05) is 0 Å². The maximum atomic E-state index is 5.36. The van der Waals surface area contributed by atoms with E-state index in [0.717, 1.165) is 27.6 Å². The Balaban J connectivity index is 1.80. The van der Waals surface area contributed by atoms with E-state index in [1.165, 1.54) is 0 Å². The highest BCUT2D eigenvalue weighted by Gasteiger charge is 2.21. The minimum Gasteiger partial charge on any atom is -0.250 e. The second-order valence-electron chi connectivity index (χ2n) is 7.35. The molecule has 0 atom stereocenters. The summed E-state index contributed by atoms with van der Waals surface area (Å²) in [7, 11) is 0. The van der Waals surface area contributed by atoms with Crippen LogP contribution in [0.1, 0.15) is 32.2 Å². The van der Waals surface area contributed by atoms with Gasteiger partial charge in [-0.25, -0.2) is 4.68 Å². The molecule has 28 heavy (non-hydrogen) atoms. The maximum absolute atomic E-state index is 5.36. The van der Waals surface area contributed by atoms with Crippen LogP contribution in [0.15, 0.2) is 59.1 Å². The van der Waals surface area contributed by atoms with E-state index in [2.05, 4.69) is 42.1 Å². The van der Waals surface area contributed by atoms with Gasteiger partial charge in [-0.1, -0.05) is 45.0 Å². The highest BCUT2D eigenvalue weighted by molar-refractivity contribution is 7.71. The fourth-order valence-corrected chi connectivity index (χ4v) is 3.71. The molecule has 3 aromatic heterocycles. The molecule has 0 saturated carbocycles. The predicted molar refractivity (Wildman–Crippen MR) is 116 cm³/mol. The molecule has 0 radical (unpaired) electrons. The standard InChI is InChI=1S/C20H20N6S2/c1-20(2,3)18-22-23-19(27)26(18)21-12-14-13-25(15-8-5-4-6-9-15)24-17(14)16-10-7-11-28-16/h4-13H,1-3H3,(H,23,27)/b21-12-. The van der Waals surface area contributed by atoms with Crippen LogP contribution in [-0.2, 0) is 5.41 Å². The van der Waals surface area contributed by atoms with Crippen molar-refractivity contribution in [2.24, 2.45) is 5.10 Å². The Kier molecular flexibility index (Phi) is 4.82. The molecule has 0 spiro atoms. The number of hydrogen-bond donors (Lipinski definition) is 1. The number of aromatic amines is 1. The second-order valence-corrected chi connectivity index (χ2v) is 8.68. The number of benzene rings is 1. The van der Waals surface area contributed by atoms with E-state index < -0.39 is 0 Å². The number of para-hydroxylation sites is 1. The highest BCUT2D eigenvalue weighted by Crippen LogP contribution is 2.27. The van der Waals surface area contributed by atoms with Crippen LogP contribution in [0.5, 0.6) is 0 Å². The third-order valence-electron chi connectivity index (χ3n) is 4.15. The molecule has 6 nitrogen and oxygen atoms in total. The fourth-order valence-electron chi connectivity index (χ4n) is 2.80. The van der Waals surface area contributed by atoms with E-state index in [-0.39, 0.29) is 5.41 Å². The molecule has 0 unspecified atom stereocenters. The van der Waals surface area contributed by atoms with Crippen molar-refractivity contribution in [1.29, 1.82) is 0 Å². The Labute approximate surface area is 172 Å². The van der Waals surface area contributed by atoms with Gasteiger partial charge in [0.2, 0.25) is 4.77 Å². The van der Waals surface area contributed by atoms with Gasteiger partial charge in [0.1, 0.15) is 5.69 Å². The van der Waals surface area contributed by atoms with Gasteiger partial charge in [0, 0.05) is 17.2 Å². The van der Waals surface area contributed by atoms with E-state index >= 15 is 0 Å². The third kappa shape index (κ3) is 3.61. The van der Waals surface area contributed by atoms with Crippen molar-refractivity contribution in [2.45, 2.75) is 26.2 Å². The largest absolute Gasteiger partial charge is 0.250 e. The monoisotopic (exact) mass is 408 g/mol. The Morgan fingerprint density at radius 1 is 1.14 bits per heavy atom. The quantitative estimate of drug-likeness (QED) is 0.380. The van der Waals surface area contributed by atoms with Gasteiger partial charge in [-0.05, 0) is 35.8 Å². The SMILES string of the molecule is CC(C)(C)c1n[nH]c(=S)n1/N=C\c1cn(-c2ccccc2)nc1-c1cccs1. The summed E-state index contributed by atoms with van der Waals surface area (Å²) >= 11 is 7.01. The molecule has 4 rings (SSSR count). The zero-order valence-corrected chi connectivity index (χ0v) is 17.5. The number of nitrogens with one attached hydrogen (secondary N) is 1. The van der Waals surface area contributed by atoms with Gasteiger partial charge in [-0.3, -0.25) is 5.10 Å². The average Bonchev–Trinajstić information content (AvgIpc) is 3.39. The molecule has 4 aromatic rings. The summed E-state index contributed by atoms with van der Waals surface area (Å²) < 4.78 is 4.01. The first-order valence-corrected chi connectivity index (χ1v) is 10.1. The molecule has 0 bridgehead atoms. The van der Waals surface area contributed by atoms with Gasteiger partial charge >= 0.3 is 0 Å². The molecular formula is C20H20N6S2. The van der Waals surface area contributed by atoms with E-state index in [0.29, 0.717) is 4.77 Å². The van der Waals surface area contributed by atoms with Crippen LogP contribution in [0.25, 0.3) is 16.3 Å². The van der Waals surface area contributed by atoms with Gasteiger partial charge in [0.05, 0.1) is 16.8 Å². The van der Waals surface area contributed by atoms with Crippen molar-refractivity contribution in [3.63, 3.8) is 0 Å². The van der Waals surface area contributed by atoms with E-state index in [1.807, 2.05) is 52.7 Å². The molecule has 142 valence electrons. The first kappa shape index (κ1) is 18.5. The van der Waals surface area contributed by atoms with Gasteiger partial charge in [-0.2, -0.15) is 20.0 Å². The number of aromatic nitrogens is 5. The molecular weight excluding hydrogens is 388 g/mol. The Morgan fingerprint density at radius 3 is 2.61 bits per heavy atom. The lowest BCUT2D eigenvalue weighted by Gasteiger charge is -2.15. The lowest BCUT2D eigenvalue weighted by Crippen LogP contribution is -2.17. The lowest BCUT2D eigenvalue weighted by atomic mass is 9.96. The predicted octanol–water partition coefficient (Wildman–Crippen LogP) is 5.03. The van der Waals surface area contributed by atoms with E-state index in [4.69, 9.17) is 17.3 Å². The first-order valence-electron chi connectivity index (χ1n) is 8.85. The number of hydrogen-bond acceptors (Lipinski definition) is 5. The fraction of sp³-hybridized carbons (Fsp3) is 0.200. The molecule has 0 aliphatic rings. The lowest BCUT2D eigenvalue weighted by molar-refractivity contribution is 0.516. The molecule has 8 heteroatoms. The molecule has 0 saturated heterocycles. The van der Waals surface area contributed by atoms with Gasteiger partial charge in [-0.15, -0.1) is 11.3 Å². The summed E-state index contributed by atoms with van der Waals surface area (Å²) in [6.45, 7) is 6.23. The molecule has 0 fully saturated rings. The molecule has 0 aliphatic heterocycles. The van der Waals surface area contributed by atoms with Gasteiger partial charge < -0.3 is 0 Å². The number of thiophene rings is 1. The van der Waals surface area contributed by atoms with E-state index in [1.54, 1.807) is 22.2 Å². The third-order valence-corrected chi connectivity index (χ3v) is 5.29. The summed E-state index contributed by atoms with van der Waals surface area (Å²) in [5.74, 6) is 0.780. The first-order chi connectivity index (χ1) is 13.4. The topological polar surface area (TPSA) is 63.8 Å². The van der Waals surface area contributed by atoms with Crippen LogP contribution in [0, 0.1) is 4.77 Å². The summed E-state index contributed by atoms with van der Waals surface area (Å²) in [5.41, 5.74) is 2.61. The summed E-state index contributed by atoms with van der Waals surface area (Å²) in [6.07, 6.45) is 3.77. The minimum absolute atomic E-state index is 0.185. The van der Waals surface area contributed by atoms with Crippen molar-refractivity contribution < 1.29 is 0 Å². The molecule has 3 heterocycles. The maximum Gasteiger partial charge on any atom is 0.216 e. The molecule has 1 N–H and O–H groups in total. The van der Waals surface area contributed by atoms with Crippen LogP contribution in [0.3, 0.4) is 0 Å². The van der Waals surface area contributed by atoms with E-state index in [9.17, 15) is 0 Å².